The molecule has 0 heterocycles. The number of para-hydroxylation sites is 2. The monoisotopic (exact) mass is 221 g/mol. The molecule has 1 aromatic rings. The molecule has 0 aliphatic carbocycles. The van der Waals surface area contributed by atoms with Crippen LogP contribution in [0.2, 0.25) is 0 Å². The van der Waals surface area contributed by atoms with Crippen LogP contribution in [-0.2, 0) is 0 Å². The van der Waals surface area contributed by atoms with Crippen LogP contribution in [0.4, 0.5) is 11.4 Å². The van der Waals surface area contributed by atoms with Crippen LogP contribution in [0.3, 0.4) is 0 Å². The Morgan fingerprint density at radius 3 is 2.44 bits per heavy atom. The maximum absolute atomic E-state index is 5.89. The van der Waals surface area contributed by atoms with Crippen LogP contribution in [0.1, 0.15) is 20.8 Å². The van der Waals surface area contributed by atoms with Crippen LogP contribution < -0.4 is 11.1 Å². The third-order valence-corrected chi connectivity index (χ3v) is 2.79. The zero-order chi connectivity index (χ0) is 12.0. The summed E-state index contributed by atoms with van der Waals surface area (Å²) in [7, 11) is 0. The van der Waals surface area contributed by atoms with Crippen LogP contribution in [0.25, 0.3) is 0 Å². The average Bonchev–Trinajstić information content (AvgIpc) is 2.29. The highest BCUT2D eigenvalue weighted by Gasteiger charge is 2.07. The van der Waals surface area contributed by atoms with E-state index in [9.17, 15) is 0 Å². The third kappa shape index (κ3) is 3.74. The Bertz CT molecular complexity index is 308. The van der Waals surface area contributed by atoms with Crippen LogP contribution >= 0.6 is 0 Å². The number of nitrogen functional groups attached to an aromatic ring is 1. The highest BCUT2D eigenvalue weighted by atomic mass is 15.1. The number of nitrogens with zero attached hydrogens (tertiary/aromatic N) is 1. The van der Waals surface area contributed by atoms with E-state index < -0.39 is 0 Å². The molecule has 16 heavy (non-hydrogen) atoms. The highest BCUT2D eigenvalue weighted by molar-refractivity contribution is 5.65. The molecule has 0 radical (unpaired) electrons. The molecule has 90 valence electrons. The Morgan fingerprint density at radius 2 is 1.88 bits per heavy atom. The zero-order valence-corrected chi connectivity index (χ0v) is 10.5. The number of likely N-dealkylation sites (N-methyl/N-ethyl adjacent to an activating group) is 1. The Labute approximate surface area is 98.6 Å². The van der Waals surface area contributed by atoms with Crippen molar-refractivity contribution < 1.29 is 0 Å². The Hall–Kier alpha value is -1.22. The Morgan fingerprint density at radius 1 is 1.25 bits per heavy atom. The van der Waals surface area contributed by atoms with Crippen molar-refractivity contribution in [3.05, 3.63) is 24.3 Å². The van der Waals surface area contributed by atoms with Gasteiger partial charge in [-0.1, -0.05) is 26.0 Å². The van der Waals surface area contributed by atoms with Crippen molar-refractivity contribution in [2.75, 3.05) is 30.7 Å². The molecule has 0 aromatic heterocycles. The van der Waals surface area contributed by atoms with E-state index in [0.717, 1.165) is 31.0 Å². The summed E-state index contributed by atoms with van der Waals surface area (Å²) in [6.07, 6.45) is 0. The van der Waals surface area contributed by atoms with Gasteiger partial charge in [0.15, 0.2) is 0 Å². The van der Waals surface area contributed by atoms with Gasteiger partial charge in [0.1, 0.15) is 0 Å². The number of nitrogens with two attached hydrogens (primary N) is 1. The molecule has 0 saturated carbocycles. The molecule has 0 bridgehead atoms. The molecule has 0 fully saturated rings. The quantitative estimate of drug-likeness (QED) is 0.725. The summed E-state index contributed by atoms with van der Waals surface area (Å²) in [5.41, 5.74) is 7.73. The number of nitrogens with one attached hydrogen (secondary N) is 1. The fourth-order valence-corrected chi connectivity index (χ4v) is 1.81. The van der Waals surface area contributed by atoms with Crippen molar-refractivity contribution in [1.82, 2.24) is 4.90 Å². The average molecular weight is 221 g/mol. The SMILES string of the molecule is CCN(CC)CC(C)Nc1ccccc1N. The minimum Gasteiger partial charge on any atom is -0.397 e. The van der Waals surface area contributed by atoms with Crippen molar-refractivity contribution in [2.24, 2.45) is 0 Å². The molecule has 1 atom stereocenters. The molecule has 0 aliphatic heterocycles. The second kappa shape index (κ2) is 6.38. The van der Waals surface area contributed by atoms with Crippen LogP contribution in [0.5, 0.6) is 0 Å². The standard InChI is InChI=1S/C13H23N3/c1-4-16(5-2)10-11(3)15-13-9-7-6-8-12(13)14/h6-9,11,15H,4-5,10,14H2,1-3H3. The van der Waals surface area contributed by atoms with Gasteiger partial charge < -0.3 is 16.0 Å². The molecule has 0 aliphatic rings. The maximum atomic E-state index is 5.89. The van der Waals surface area contributed by atoms with Crippen molar-refractivity contribution >= 4 is 11.4 Å². The topological polar surface area (TPSA) is 41.3 Å². The van der Waals surface area contributed by atoms with Gasteiger partial charge in [-0.25, -0.2) is 0 Å². The lowest BCUT2D eigenvalue weighted by Gasteiger charge is -2.24. The Balaban J connectivity index is 2.51. The van der Waals surface area contributed by atoms with Gasteiger partial charge in [0.05, 0.1) is 11.4 Å². The van der Waals surface area contributed by atoms with Crippen LogP contribution in [0, 0.1) is 0 Å². The van der Waals surface area contributed by atoms with E-state index in [1.54, 1.807) is 0 Å². The maximum Gasteiger partial charge on any atom is 0.0576 e. The summed E-state index contributed by atoms with van der Waals surface area (Å²) < 4.78 is 0. The largest absolute Gasteiger partial charge is 0.397 e. The summed E-state index contributed by atoms with van der Waals surface area (Å²) in [4.78, 5) is 2.40. The van der Waals surface area contributed by atoms with Crippen LogP contribution in [-0.4, -0.2) is 30.6 Å². The fourth-order valence-electron chi connectivity index (χ4n) is 1.81. The number of benzene rings is 1. The molecule has 1 rings (SSSR count). The van der Waals surface area contributed by atoms with Gasteiger partial charge in [-0.15, -0.1) is 0 Å². The molecule has 0 saturated heterocycles. The fraction of sp³-hybridized carbons (Fsp3) is 0.538. The molecule has 0 spiro atoms. The van der Waals surface area contributed by atoms with Crippen molar-refractivity contribution in [2.45, 2.75) is 26.8 Å². The molecule has 3 heteroatoms. The van der Waals surface area contributed by atoms with E-state index in [0.29, 0.717) is 6.04 Å². The zero-order valence-electron chi connectivity index (χ0n) is 10.5. The first-order valence-corrected chi connectivity index (χ1v) is 6.00. The lowest BCUT2D eigenvalue weighted by molar-refractivity contribution is 0.295. The van der Waals surface area contributed by atoms with Crippen molar-refractivity contribution in [3.63, 3.8) is 0 Å². The van der Waals surface area contributed by atoms with E-state index >= 15 is 0 Å². The predicted octanol–water partition coefficient (Wildman–Crippen LogP) is 2.41. The molecule has 1 aromatic carbocycles. The summed E-state index contributed by atoms with van der Waals surface area (Å²) in [6, 6.07) is 8.31. The number of anilines is 2. The lowest BCUT2D eigenvalue weighted by Crippen LogP contribution is -2.34. The third-order valence-electron chi connectivity index (χ3n) is 2.79. The molecule has 3 nitrogen and oxygen atoms in total. The van der Waals surface area contributed by atoms with Crippen molar-refractivity contribution in [1.29, 1.82) is 0 Å². The first-order valence-electron chi connectivity index (χ1n) is 6.00. The van der Waals surface area contributed by atoms with E-state index in [1.807, 2.05) is 24.3 Å². The molecule has 1 unspecified atom stereocenters. The summed E-state index contributed by atoms with van der Waals surface area (Å²) >= 11 is 0. The van der Waals surface area contributed by atoms with Gasteiger partial charge in [0.2, 0.25) is 0 Å². The molecular weight excluding hydrogens is 198 g/mol. The molecular formula is C13H23N3. The van der Waals surface area contributed by atoms with Gasteiger partial charge in [0, 0.05) is 12.6 Å². The van der Waals surface area contributed by atoms with E-state index in [4.69, 9.17) is 5.73 Å². The van der Waals surface area contributed by atoms with Gasteiger partial charge in [-0.3, -0.25) is 0 Å². The summed E-state index contributed by atoms with van der Waals surface area (Å²) in [5.74, 6) is 0. The van der Waals surface area contributed by atoms with Gasteiger partial charge >= 0.3 is 0 Å². The first kappa shape index (κ1) is 12.8. The second-order valence-corrected chi connectivity index (χ2v) is 4.12. The van der Waals surface area contributed by atoms with E-state index in [2.05, 4.69) is 31.0 Å². The number of hydrogen-bond donors (Lipinski definition) is 2. The minimum absolute atomic E-state index is 0.407. The van der Waals surface area contributed by atoms with Gasteiger partial charge in [0.25, 0.3) is 0 Å². The summed E-state index contributed by atoms with van der Waals surface area (Å²) in [5, 5.41) is 3.44. The lowest BCUT2D eigenvalue weighted by atomic mass is 10.2. The summed E-state index contributed by atoms with van der Waals surface area (Å²) in [6.45, 7) is 9.78. The first-order chi connectivity index (χ1) is 7.67. The van der Waals surface area contributed by atoms with Crippen molar-refractivity contribution in [3.8, 4) is 0 Å². The van der Waals surface area contributed by atoms with Gasteiger partial charge in [-0.05, 0) is 32.1 Å². The second-order valence-electron chi connectivity index (χ2n) is 4.12. The smallest absolute Gasteiger partial charge is 0.0576 e. The normalized spacial score (nSPS) is 12.8. The van der Waals surface area contributed by atoms with E-state index in [-0.39, 0.29) is 0 Å². The molecule has 0 amide bonds. The van der Waals surface area contributed by atoms with Crippen LogP contribution in [0.15, 0.2) is 24.3 Å². The number of hydrogen-bond acceptors (Lipinski definition) is 3. The molecule has 3 N–H and O–H groups in total. The minimum atomic E-state index is 0.407. The predicted molar refractivity (Wildman–Crippen MR) is 71.7 cm³/mol. The number of rotatable bonds is 6. The Kier molecular flexibility index (Phi) is 5.12. The highest BCUT2D eigenvalue weighted by Crippen LogP contribution is 2.17. The van der Waals surface area contributed by atoms with E-state index in [1.165, 1.54) is 0 Å². The van der Waals surface area contributed by atoms with Gasteiger partial charge in [-0.2, -0.15) is 0 Å².